The first-order chi connectivity index (χ1) is 16.4. The Morgan fingerprint density at radius 1 is 1.09 bits per heavy atom. The molecular weight excluding hydrogens is 478 g/mol. The number of pyridine rings is 1. The summed E-state index contributed by atoms with van der Waals surface area (Å²) in [6, 6.07) is 5.53. The minimum Gasteiger partial charge on any atom is -0.462 e. The van der Waals surface area contributed by atoms with Crippen LogP contribution in [0.25, 0.3) is 11.5 Å². The fourth-order valence-corrected chi connectivity index (χ4v) is 5.01. The first-order valence-corrected chi connectivity index (χ1v) is 12.5. The number of rotatable bonds is 10. The molecule has 0 aromatic carbocycles. The van der Waals surface area contributed by atoms with E-state index in [2.05, 4.69) is 20.5 Å². The smallest absolute Gasteiger partial charge is 0.348 e. The second-order valence-electron chi connectivity index (χ2n) is 6.80. The number of nitrogens with zero attached hydrogens (tertiary/aromatic N) is 4. The number of hydrogen-bond donors (Lipinski definition) is 1. The second kappa shape index (κ2) is 11.7. The highest BCUT2D eigenvalue weighted by molar-refractivity contribution is 7.99. The van der Waals surface area contributed by atoms with E-state index >= 15 is 0 Å². The lowest BCUT2D eigenvalue weighted by molar-refractivity contribution is -0.113. The third-order valence-electron chi connectivity index (χ3n) is 4.60. The average molecular weight is 504 g/mol. The van der Waals surface area contributed by atoms with Crippen LogP contribution in [0.1, 0.15) is 46.4 Å². The van der Waals surface area contributed by atoms with Gasteiger partial charge < -0.3 is 19.4 Å². The van der Waals surface area contributed by atoms with E-state index in [9.17, 15) is 14.4 Å². The van der Waals surface area contributed by atoms with Gasteiger partial charge in [-0.3, -0.25) is 9.78 Å². The van der Waals surface area contributed by atoms with Gasteiger partial charge in [0.2, 0.25) is 5.91 Å². The van der Waals surface area contributed by atoms with E-state index in [1.54, 1.807) is 27.0 Å². The van der Waals surface area contributed by atoms with Crippen LogP contribution in [-0.4, -0.2) is 56.6 Å². The number of anilines is 1. The van der Waals surface area contributed by atoms with E-state index in [0.29, 0.717) is 28.8 Å². The zero-order valence-corrected chi connectivity index (χ0v) is 20.9. The summed E-state index contributed by atoms with van der Waals surface area (Å²) in [5.74, 6) is -0.890. The molecule has 10 nitrogen and oxygen atoms in total. The molecular formula is C22H25N5O5S2. The monoisotopic (exact) mass is 503 g/mol. The predicted molar refractivity (Wildman–Crippen MR) is 129 cm³/mol. The molecule has 0 aliphatic rings. The number of carbonyl (C=O) groups is 3. The summed E-state index contributed by atoms with van der Waals surface area (Å²) in [6.45, 7) is 7.92. The summed E-state index contributed by atoms with van der Waals surface area (Å²) in [5.41, 5.74) is 1.26. The van der Waals surface area contributed by atoms with Crippen LogP contribution in [0.5, 0.6) is 0 Å². The van der Waals surface area contributed by atoms with Crippen molar-refractivity contribution in [2.75, 3.05) is 24.3 Å². The number of aromatic nitrogens is 4. The summed E-state index contributed by atoms with van der Waals surface area (Å²) in [6.07, 6.45) is 1.68. The summed E-state index contributed by atoms with van der Waals surface area (Å²) in [5, 5.41) is 12.0. The third kappa shape index (κ3) is 5.62. The maximum absolute atomic E-state index is 12.7. The van der Waals surface area contributed by atoms with Crippen molar-refractivity contribution >= 4 is 45.9 Å². The molecule has 1 N–H and O–H groups in total. The van der Waals surface area contributed by atoms with Crippen LogP contribution < -0.4 is 5.32 Å². The summed E-state index contributed by atoms with van der Waals surface area (Å²) >= 11 is 2.20. The fraction of sp³-hybridized carbons (Fsp3) is 0.364. The normalized spacial score (nSPS) is 10.7. The highest BCUT2D eigenvalue weighted by Gasteiger charge is 2.27. The van der Waals surface area contributed by atoms with Crippen molar-refractivity contribution in [3.8, 4) is 11.5 Å². The standard InChI is InChI=1S/C22H25N5O5S2/c1-5-27-18(14-10-8-9-11-23-14)25-26-22(27)33-12-15(28)24-19-16(20(29)31-6-2)13(4)17(34-19)21(30)32-7-3/h8-11H,5-7,12H2,1-4H3,(H,24,28). The molecule has 0 unspecified atom stereocenters. The number of nitrogens with one attached hydrogen (secondary N) is 1. The van der Waals surface area contributed by atoms with Crippen molar-refractivity contribution in [1.29, 1.82) is 0 Å². The van der Waals surface area contributed by atoms with E-state index in [-0.39, 0.29) is 40.3 Å². The van der Waals surface area contributed by atoms with Crippen LogP contribution in [0.4, 0.5) is 5.00 Å². The molecule has 0 bridgehead atoms. The fourth-order valence-electron chi connectivity index (χ4n) is 3.10. The molecule has 0 fully saturated rings. The molecule has 34 heavy (non-hydrogen) atoms. The van der Waals surface area contributed by atoms with Gasteiger partial charge in [0, 0.05) is 12.7 Å². The van der Waals surface area contributed by atoms with E-state index < -0.39 is 11.9 Å². The largest absolute Gasteiger partial charge is 0.462 e. The maximum atomic E-state index is 12.7. The molecule has 0 aliphatic heterocycles. The lowest BCUT2D eigenvalue weighted by Crippen LogP contribution is -2.17. The minimum atomic E-state index is -0.611. The van der Waals surface area contributed by atoms with E-state index in [4.69, 9.17) is 9.47 Å². The van der Waals surface area contributed by atoms with Crippen LogP contribution in [0.15, 0.2) is 29.6 Å². The molecule has 0 radical (unpaired) electrons. The zero-order valence-electron chi connectivity index (χ0n) is 19.3. The predicted octanol–water partition coefficient (Wildman–Crippen LogP) is 3.81. The first kappa shape index (κ1) is 25.4. The highest BCUT2D eigenvalue weighted by Crippen LogP contribution is 2.34. The van der Waals surface area contributed by atoms with Gasteiger partial charge in [0.1, 0.15) is 15.6 Å². The van der Waals surface area contributed by atoms with Crippen molar-refractivity contribution in [2.45, 2.75) is 39.4 Å². The van der Waals surface area contributed by atoms with Crippen LogP contribution in [0.3, 0.4) is 0 Å². The van der Waals surface area contributed by atoms with Gasteiger partial charge in [-0.2, -0.15) is 0 Å². The molecule has 3 aromatic rings. The Labute approximate surface area is 205 Å². The van der Waals surface area contributed by atoms with Crippen molar-refractivity contribution in [2.24, 2.45) is 0 Å². The average Bonchev–Trinajstić information content (AvgIpc) is 3.39. The Kier molecular flexibility index (Phi) is 8.77. The van der Waals surface area contributed by atoms with Gasteiger partial charge in [-0.15, -0.1) is 21.5 Å². The molecule has 12 heteroatoms. The Morgan fingerprint density at radius 3 is 2.47 bits per heavy atom. The number of esters is 2. The summed E-state index contributed by atoms with van der Waals surface area (Å²) in [4.78, 5) is 42.1. The first-order valence-electron chi connectivity index (χ1n) is 10.7. The Hall–Kier alpha value is -3.25. The quantitative estimate of drug-likeness (QED) is 0.325. The van der Waals surface area contributed by atoms with Crippen LogP contribution in [0.2, 0.25) is 0 Å². The van der Waals surface area contributed by atoms with Crippen LogP contribution in [-0.2, 0) is 20.8 Å². The van der Waals surface area contributed by atoms with Gasteiger partial charge in [-0.25, -0.2) is 9.59 Å². The van der Waals surface area contributed by atoms with E-state index in [1.165, 1.54) is 11.8 Å². The van der Waals surface area contributed by atoms with Crippen LogP contribution in [0, 0.1) is 6.92 Å². The summed E-state index contributed by atoms with van der Waals surface area (Å²) in [7, 11) is 0. The molecule has 3 aromatic heterocycles. The van der Waals surface area contributed by atoms with E-state index in [0.717, 1.165) is 11.3 Å². The molecule has 0 saturated carbocycles. The van der Waals surface area contributed by atoms with Crippen molar-refractivity contribution in [3.05, 3.63) is 40.4 Å². The second-order valence-corrected chi connectivity index (χ2v) is 8.77. The van der Waals surface area contributed by atoms with Crippen molar-refractivity contribution < 1.29 is 23.9 Å². The lowest BCUT2D eigenvalue weighted by Gasteiger charge is -2.08. The van der Waals surface area contributed by atoms with Crippen molar-refractivity contribution in [3.63, 3.8) is 0 Å². The topological polar surface area (TPSA) is 125 Å². The Morgan fingerprint density at radius 2 is 1.82 bits per heavy atom. The van der Waals surface area contributed by atoms with Crippen molar-refractivity contribution in [1.82, 2.24) is 19.7 Å². The lowest BCUT2D eigenvalue weighted by atomic mass is 10.1. The number of carbonyl (C=O) groups excluding carboxylic acids is 3. The van der Waals surface area contributed by atoms with Gasteiger partial charge >= 0.3 is 11.9 Å². The Bertz CT molecular complexity index is 1180. The van der Waals surface area contributed by atoms with Gasteiger partial charge in [-0.05, 0) is 45.4 Å². The molecule has 0 aliphatic carbocycles. The molecule has 0 saturated heterocycles. The number of ether oxygens (including phenoxy) is 2. The van der Waals surface area contributed by atoms with Gasteiger partial charge in [0.25, 0.3) is 0 Å². The van der Waals surface area contributed by atoms with Gasteiger partial charge in [0.05, 0.1) is 24.5 Å². The van der Waals surface area contributed by atoms with E-state index in [1.807, 2.05) is 29.7 Å². The van der Waals surface area contributed by atoms with Gasteiger partial charge in [-0.1, -0.05) is 17.8 Å². The molecule has 180 valence electrons. The minimum absolute atomic E-state index is 0.0221. The number of thiophene rings is 1. The molecule has 3 heterocycles. The SMILES string of the molecule is CCOC(=O)c1sc(NC(=O)CSc2nnc(-c3ccccn3)n2CC)c(C(=O)OCC)c1C. The molecule has 3 rings (SSSR count). The number of hydrogen-bond acceptors (Lipinski definition) is 10. The molecule has 1 amide bonds. The maximum Gasteiger partial charge on any atom is 0.348 e. The molecule has 0 spiro atoms. The summed E-state index contributed by atoms with van der Waals surface area (Å²) < 4.78 is 12.1. The van der Waals surface area contributed by atoms with Crippen LogP contribution >= 0.6 is 23.1 Å². The number of amides is 1. The third-order valence-corrected chi connectivity index (χ3v) is 6.75. The zero-order chi connectivity index (χ0) is 24.7. The van der Waals surface area contributed by atoms with Gasteiger partial charge in [0.15, 0.2) is 11.0 Å². The highest BCUT2D eigenvalue weighted by atomic mass is 32.2. The molecule has 0 atom stereocenters. The Balaban J connectivity index is 1.77. The number of thioether (sulfide) groups is 1.